The summed E-state index contributed by atoms with van der Waals surface area (Å²) in [6.45, 7) is 27.2. The third-order valence-electron chi connectivity index (χ3n) is 26.9. The topological polar surface area (TPSA) is 365 Å². The van der Waals surface area contributed by atoms with Crippen molar-refractivity contribution in [2.75, 3.05) is 53.6 Å². The predicted molar refractivity (Wildman–Crippen MR) is 474 cm³/mol. The highest BCUT2D eigenvalue weighted by Gasteiger charge is 2.46. The first-order valence-corrected chi connectivity index (χ1v) is 46.1. The fraction of sp³-hybridized carbons (Fsp3) is 0.588. The number of aliphatic hydroxyl groups is 4. The molecule has 8 aromatic rings. The Hall–Kier alpha value is -9.49. The second kappa shape index (κ2) is 38.4. The molecule has 8 aliphatic rings. The number of H-pyrrole nitrogens is 1. The van der Waals surface area contributed by atoms with Crippen LogP contribution in [0.5, 0.6) is 0 Å². The average Bonchev–Trinajstić information content (AvgIpc) is 1.59. The number of carbonyl (C=O) groups is 4. The van der Waals surface area contributed by atoms with E-state index in [1.807, 2.05) is 161 Å². The Morgan fingerprint density at radius 1 is 0.444 bits per heavy atom. The number of fused-ring (bicyclic) bond motifs is 12. The smallest absolute Gasteiger partial charge is 0.306 e. The average molecular weight is 1720 g/mol. The molecule has 3 aliphatic heterocycles. The predicted octanol–water partition coefficient (Wildman–Crippen LogP) is 12.7. The van der Waals surface area contributed by atoms with Gasteiger partial charge in [-0.05, 0) is 306 Å². The van der Waals surface area contributed by atoms with E-state index in [2.05, 4.69) is 71.0 Å². The van der Waals surface area contributed by atoms with Gasteiger partial charge < -0.3 is 58.1 Å². The molecule has 5 aliphatic carbocycles. The molecule has 0 amide bonds. The number of rotatable bonds is 21. The summed E-state index contributed by atoms with van der Waals surface area (Å²) >= 11 is 0. The lowest BCUT2D eigenvalue weighted by molar-refractivity contribution is -0.149. The van der Waals surface area contributed by atoms with Crippen LogP contribution in [0.25, 0.3) is 43.6 Å². The molecule has 5 N–H and O–H groups in total. The summed E-state index contributed by atoms with van der Waals surface area (Å²) in [5.41, 5.74) is 14.0. The molecule has 0 spiro atoms. The number of aromatic nitrogens is 4. The molecule has 666 valence electrons. The zero-order valence-corrected chi connectivity index (χ0v) is 76.0. The van der Waals surface area contributed by atoms with Crippen molar-refractivity contribution in [2.24, 2.45) is 29.6 Å². The number of hydrogen-bond acceptors (Lipinski definition) is 22. The Balaban J connectivity index is 0.000000144. The van der Waals surface area contributed by atoms with E-state index in [1.54, 1.807) is 6.92 Å². The van der Waals surface area contributed by atoms with Crippen LogP contribution in [-0.2, 0) is 123 Å². The van der Waals surface area contributed by atoms with Crippen molar-refractivity contribution in [2.45, 2.75) is 283 Å². The Morgan fingerprint density at radius 3 is 1.08 bits per heavy atom. The maximum Gasteiger partial charge on any atom is 0.306 e. The van der Waals surface area contributed by atoms with E-state index in [9.17, 15) is 63.8 Å². The summed E-state index contributed by atoms with van der Waals surface area (Å²) in [6, 6.07) is 32.0. The lowest BCUT2D eigenvalue weighted by atomic mass is 9.92. The lowest BCUT2D eigenvalue weighted by Crippen LogP contribution is -2.44. The first-order chi connectivity index (χ1) is 58.4. The summed E-state index contributed by atoms with van der Waals surface area (Å²) in [5.74, 6) is 0.630. The number of aromatic amines is 1. The summed E-state index contributed by atoms with van der Waals surface area (Å²) < 4.78 is 54.5. The van der Waals surface area contributed by atoms with Crippen LogP contribution < -0.4 is 0 Å². The van der Waals surface area contributed by atoms with E-state index >= 15 is 0 Å². The number of carbonyl (C=O) groups excluding carboxylic acids is 4. The van der Waals surface area contributed by atoms with Gasteiger partial charge in [0.05, 0.1) is 124 Å². The molecule has 124 heavy (non-hydrogen) atoms. The summed E-state index contributed by atoms with van der Waals surface area (Å²) in [5, 5.41) is 84.1. The zero-order chi connectivity index (χ0) is 90.0. The van der Waals surface area contributed by atoms with Gasteiger partial charge in [0, 0.05) is 137 Å². The SMILES string of the molecule is CC(C)OC(=O)C[C@@H]1Cc2[nH]c3ccc(C#N)cc3c2C1.CC(C)OC(=O)C[C@H]1Cc2c(n(CC3CCCC3(C)O)c3ccc(C#N)cc23)C1.CC(C)OC(=O)C[C@H]1Cc2c(n(CC3N(C)CCC3(C)O)c3ccc(C#N)cc23)C1.CC(C)OC(=O)C[C@H]1Cc2c(n(CC3N(C)CCC3(C)O)c3ccc(C#N)cc23)C1.CN1CCC(C)(O)C1COS(C)(=O)=O. The van der Waals surface area contributed by atoms with Crippen molar-refractivity contribution in [1.82, 2.24) is 33.4 Å². The third-order valence-corrected chi connectivity index (χ3v) is 27.5. The quantitative estimate of drug-likeness (QED) is 0.0253. The van der Waals surface area contributed by atoms with Crippen molar-refractivity contribution in [3.63, 3.8) is 0 Å². The van der Waals surface area contributed by atoms with Gasteiger partial charge in [-0.25, -0.2) is 0 Å². The standard InChI is InChI=1S/2C24H31N3O3.C24H30N2O3.C17H18N2O2.C8H17NO4S/c2*1-15(2)30-23(28)12-17-10-19-18-9-16(13-25)5-6-20(18)27(21(19)11-17)14-22-24(3,29)7-8-26(22)4;1-15(2)29-23(27)12-17-10-20-19-9-16(13-25)6-7-21(19)26(22(20)11-17)14-18-5-4-8-24(18,3)28;1-10(2)21-17(20)8-12-6-14-13-5-11(9-18)3-4-15(13)19-16(14)7-12;1-8(10)4-5-9(2)7(8)6-13-14(3,11)12/h2*5-6,9,15,17,22,29H,7-8,10-12,14H2,1-4H3;6-7,9,15,17-18,28H,4-5,8,10-12,14H2,1-3H3;3-5,10,12,19H,6-8H2,1-2H3;7,10H,4-6H2,1-3H3/t2*17-,22?,24?;17-,18?,24?;12-;/m0000./s1. The molecule has 4 aromatic carbocycles. The highest BCUT2D eigenvalue weighted by atomic mass is 32.2. The van der Waals surface area contributed by atoms with Gasteiger partial charge in [-0.2, -0.15) is 29.5 Å². The third kappa shape index (κ3) is 21.8. The molecule has 1 saturated carbocycles. The molecule has 26 nitrogen and oxygen atoms in total. The number of hydrogen-bond donors (Lipinski definition) is 5. The van der Waals surface area contributed by atoms with Crippen LogP contribution in [0.15, 0.2) is 72.8 Å². The van der Waals surface area contributed by atoms with Gasteiger partial charge in [-0.15, -0.1) is 0 Å². The Labute approximate surface area is 730 Å². The van der Waals surface area contributed by atoms with Crippen LogP contribution in [0.2, 0.25) is 0 Å². The number of ether oxygens (including phenoxy) is 4. The van der Waals surface area contributed by atoms with Gasteiger partial charge in [0.1, 0.15) is 0 Å². The molecule has 27 heteroatoms. The molecule has 16 rings (SSSR count). The minimum absolute atomic E-state index is 0.0162. The monoisotopic (exact) mass is 1720 g/mol. The molecule has 4 fully saturated rings. The van der Waals surface area contributed by atoms with Crippen molar-refractivity contribution < 1.29 is 71.2 Å². The summed E-state index contributed by atoms with van der Waals surface area (Å²) in [7, 11) is 2.55. The fourth-order valence-corrected chi connectivity index (χ4v) is 21.0. The molecule has 3 saturated heterocycles. The van der Waals surface area contributed by atoms with Crippen LogP contribution in [0.4, 0.5) is 0 Å². The maximum atomic E-state index is 12.2. The first-order valence-electron chi connectivity index (χ1n) is 44.2. The van der Waals surface area contributed by atoms with Crippen molar-refractivity contribution in [1.29, 1.82) is 21.0 Å². The highest BCUT2D eigenvalue weighted by molar-refractivity contribution is 7.86. The number of nitrogens with zero attached hydrogens (tertiary/aromatic N) is 10. The number of esters is 4. The number of likely N-dealkylation sites (tertiary alicyclic amines) is 3. The van der Waals surface area contributed by atoms with E-state index in [0.29, 0.717) is 73.4 Å². The van der Waals surface area contributed by atoms with Crippen molar-refractivity contribution in [3.8, 4) is 24.3 Å². The van der Waals surface area contributed by atoms with Gasteiger partial charge in [0.25, 0.3) is 10.1 Å². The second-order valence-electron chi connectivity index (χ2n) is 38.4. The van der Waals surface area contributed by atoms with Gasteiger partial charge in [0.15, 0.2) is 0 Å². The van der Waals surface area contributed by atoms with Crippen LogP contribution in [0.3, 0.4) is 0 Å². The Morgan fingerprint density at radius 2 is 0.766 bits per heavy atom. The minimum atomic E-state index is -3.42. The van der Waals surface area contributed by atoms with E-state index in [4.69, 9.17) is 24.2 Å². The fourth-order valence-electron chi connectivity index (χ4n) is 20.6. The number of benzene rings is 4. The Bertz CT molecular complexity index is 5410. The Kier molecular flexibility index (Phi) is 29.0. The first kappa shape index (κ1) is 93.7. The van der Waals surface area contributed by atoms with Crippen LogP contribution in [0, 0.1) is 74.9 Å². The molecule has 0 bridgehead atoms. The second-order valence-corrected chi connectivity index (χ2v) is 40.1. The molecule has 12 atom stereocenters. The van der Waals surface area contributed by atoms with E-state index < -0.39 is 32.5 Å². The van der Waals surface area contributed by atoms with E-state index in [0.717, 1.165) is 160 Å². The summed E-state index contributed by atoms with van der Waals surface area (Å²) in [4.78, 5) is 58.2. The number of nitrogens with one attached hydrogen (secondary N) is 1. The lowest BCUT2D eigenvalue weighted by Gasteiger charge is -2.31. The molecule has 8 unspecified atom stereocenters. The van der Waals surface area contributed by atoms with E-state index in [-0.39, 0.29) is 96.7 Å². The molecular formula is C97H127N11O15S. The molecule has 0 radical (unpaired) electrons. The van der Waals surface area contributed by atoms with Crippen molar-refractivity contribution >= 4 is 77.6 Å². The van der Waals surface area contributed by atoms with Crippen LogP contribution in [0.1, 0.15) is 215 Å². The van der Waals surface area contributed by atoms with Gasteiger partial charge >= 0.3 is 23.9 Å². The maximum absolute atomic E-state index is 12.2. The molecule has 4 aromatic heterocycles. The minimum Gasteiger partial charge on any atom is -0.463 e. The highest BCUT2D eigenvalue weighted by Crippen LogP contribution is 2.46. The number of nitriles is 4. The van der Waals surface area contributed by atoms with Gasteiger partial charge in [-0.1, -0.05) is 6.42 Å². The summed E-state index contributed by atoms with van der Waals surface area (Å²) in [6.07, 6.45) is 14.1. The molecular weight excluding hydrogens is 1590 g/mol. The van der Waals surface area contributed by atoms with E-state index in [1.165, 1.54) is 45.0 Å². The van der Waals surface area contributed by atoms with Gasteiger partial charge in [0.2, 0.25) is 0 Å². The number of likely N-dealkylation sites (N-methyl/N-ethyl adjacent to an activating group) is 3. The largest absolute Gasteiger partial charge is 0.463 e. The van der Waals surface area contributed by atoms with Gasteiger partial charge in [-0.3, -0.25) is 38.1 Å². The molecule has 7 heterocycles. The van der Waals surface area contributed by atoms with Crippen molar-refractivity contribution in [3.05, 3.63) is 140 Å². The zero-order valence-electron chi connectivity index (χ0n) is 75.2. The normalized spacial score (nSPS) is 25.6. The van der Waals surface area contributed by atoms with Crippen LogP contribution in [-0.4, -0.2) is 205 Å². The van der Waals surface area contributed by atoms with Crippen LogP contribution >= 0.6 is 0 Å².